The number of halogens is 4. The highest BCUT2D eigenvalue weighted by Gasteiger charge is 2.23. The summed E-state index contributed by atoms with van der Waals surface area (Å²) in [7, 11) is 0. The van der Waals surface area contributed by atoms with Gasteiger partial charge in [0.15, 0.2) is 5.69 Å². The third-order valence-electron chi connectivity index (χ3n) is 1.93. The minimum Gasteiger partial charge on any atom is -0.461 e. The van der Waals surface area contributed by atoms with Crippen LogP contribution in [0.1, 0.15) is 35.0 Å². The van der Waals surface area contributed by atoms with E-state index in [-0.39, 0.29) is 18.1 Å². The van der Waals surface area contributed by atoms with Crippen molar-refractivity contribution in [3.63, 3.8) is 0 Å². The van der Waals surface area contributed by atoms with E-state index >= 15 is 0 Å². The van der Waals surface area contributed by atoms with Crippen molar-refractivity contribution >= 4 is 17.6 Å². The van der Waals surface area contributed by atoms with Crippen molar-refractivity contribution in [1.29, 1.82) is 0 Å². The van der Waals surface area contributed by atoms with Crippen LogP contribution in [0.4, 0.5) is 13.2 Å². The molecule has 7 heteroatoms. The van der Waals surface area contributed by atoms with E-state index in [1.807, 2.05) is 0 Å². The van der Waals surface area contributed by atoms with Crippen LogP contribution in [0.15, 0.2) is 6.07 Å². The largest absolute Gasteiger partial charge is 0.461 e. The van der Waals surface area contributed by atoms with E-state index < -0.39 is 29.6 Å². The van der Waals surface area contributed by atoms with Gasteiger partial charge in [-0.05, 0) is 13.0 Å². The Morgan fingerprint density at radius 3 is 2.71 bits per heavy atom. The molecule has 94 valence electrons. The standard InChI is InChI=1S/C10H9ClF3NO2/c1-2-17-10(16)7-6(8(12)13)3-5(4-11)9(14)15-7/h3,8H,2,4H2,1H3. The summed E-state index contributed by atoms with van der Waals surface area (Å²) in [6.07, 6.45) is -2.95. The monoisotopic (exact) mass is 267 g/mol. The number of carbonyl (C=O) groups excluding carboxylic acids is 1. The number of alkyl halides is 3. The average molecular weight is 268 g/mol. The van der Waals surface area contributed by atoms with Crippen molar-refractivity contribution in [1.82, 2.24) is 4.98 Å². The molecule has 1 rings (SSSR count). The lowest BCUT2D eigenvalue weighted by molar-refractivity contribution is 0.0506. The van der Waals surface area contributed by atoms with Gasteiger partial charge >= 0.3 is 5.97 Å². The van der Waals surface area contributed by atoms with Crippen LogP contribution in [0, 0.1) is 5.95 Å². The van der Waals surface area contributed by atoms with Gasteiger partial charge in [0.2, 0.25) is 5.95 Å². The summed E-state index contributed by atoms with van der Waals surface area (Å²) in [6.45, 7) is 1.49. The SMILES string of the molecule is CCOC(=O)c1nc(F)c(CCl)cc1C(F)F. The summed E-state index contributed by atoms with van der Waals surface area (Å²) in [4.78, 5) is 14.5. The minimum absolute atomic E-state index is 0.0118. The zero-order valence-electron chi connectivity index (χ0n) is 8.84. The highest BCUT2D eigenvalue weighted by Crippen LogP contribution is 2.25. The van der Waals surface area contributed by atoms with Gasteiger partial charge in [-0.2, -0.15) is 4.39 Å². The van der Waals surface area contributed by atoms with Crippen LogP contribution in [0.3, 0.4) is 0 Å². The molecule has 1 aromatic rings. The molecule has 0 aliphatic heterocycles. The summed E-state index contributed by atoms with van der Waals surface area (Å²) >= 11 is 5.36. The van der Waals surface area contributed by atoms with Gasteiger partial charge in [-0.25, -0.2) is 18.6 Å². The summed E-state index contributed by atoms with van der Waals surface area (Å²) < 4.78 is 43.1. The van der Waals surface area contributed by atoms with E-state index in [1.165, 1.54) is 6.92 Å². The fourth-order valence-corrected chi connectivity index (χ4v) is 1.36. The predicted molar refractivity (Wildman–Crippen MR) is 54.7 cm³/mol. The first-order valence-corrected chi connectivity index (χ1v) is 5.25. The van der Waals surface area contributed by atoms with Gasteiger partial charge in [0.1, 0.15) is 0 Å². The number of rotatable bonds is 4. The predicted octanol–water partition coefficient (Wildman–Crippen LogP) is 3.07. The Labute approximate surface area is 101 Å². The van der Waals surface area contributed by atoms with E-state index in [1.54, 1.807) is 0 Å². The summed E-state index contributed by atoms with van der Waals surface area (Å²) in [6, 6.07) is 0.826. The van der Waals surface area contributed by atoms with Gasteiger partial charge in [-0.15, -0.1) is 11.6 Å². The molecule has 0 saturated heterocycles. The van der Waals surface area contributed by atoms with E-state index in [2.05, 4.69) is 9.72 Å². The van der Waals surface area contributed by atoms with Crippen LogP contribution >= 0.6 is 11.6 Å². The Morgan fingerprint density at radius 2 is 2.24 bits per heavy atom. The number of esters is 1. The number of nitrogens with zero attached hydrogens (tertiary/aromatic N) is 1. The molecule has 0 bridgehead atoms. The van der Waals surface area contributed by atoms with Gasteiger partial charge < -0.3 is 4.74 Å². The highest BCUT2D eigenvalue weighted by molar-refractivity contribution is 6.17. The second-order valence-corrected chi connectivity index (χ2v) is 3.30. The Morgan fingerprint density at radius 1 is 1.59 bits per heavy atom. The van der Waals surface area contributed by atoms with E-state index in [0.29, 0.717) is 0 Å². The Bertz CT molecular complexity index is 426. The van der Waals surface area contributed by atoms with E-state index in [9.17, 15) is 18.0 Å². The lowest BCUT2D eigenvalue weighted by Gasteiger charge is -2.09. The quantitative estimate of drug-likeness (QED) is 0.478. The maximum absolute atomic E-state index is 13.2. The van der Waals surface area contributed by atoms with Crippen molar-refractivity contribution in [2.75, 3.05) is 6.61 Å². The van der Waals surface area contributed by atoms with Crippen molar-refractivity contribution in [3.05, 3.63) is 28.8 Å². The summed E-state index contributed by atoms with van der Waals surface area (Å²) in [5, 5.41) is 0. The second-order valence-electron chi connectivity index (χ2n) is 3.03. The third kappa shape index (κ3) is 3.09. The molecule has 0 unspecified atom stereocenters. The molecular weight excluding hydrogens is 259 g/mol. The number of ether oxygens (including phenoxy) is 1. The molecule has 0 spiro atoms. The molecule has 1 heterocycles. The zero-order chi connectivity index (χ0) is 13.0. The molecule has 0 aliphatic rings. The fraction of sp³-hybridized carbons (Fsp3) is 0.400. The van der Waals surface area contributed by atoms with E-state index in [0.717, 1.165) is 6.07 Å². The fourth-order valence-electron chi connectivity index (χ4n) is 1.17. The van der Waals surface area contributed by atoms with Crippen molar-refractivity contribution in [2.24, 2.45) is 0 Å². The molecular formula is C10H9ClF3NO2. The molecule has 0 N–H and O–H groups in total. The number of hydrogen-bond donors (Lipinski definition) is 0. The highest BCUT2D eigenvalue weighted by atomic mass is 35.5. The maximum Gasteiger partial charge on any atom is 0.357 e. The Hall–Kier alpha value is -1.30. The van der Waals surface area contributed by atoms with Crippen molar-refractivity contribution < 1.29 is 22.7 Å². The van der Waals surface area contributed by atoms with Gasteiger partial charge in [-0.1, -0.05) is 0 Å². The Kier molecular flexibility index (Phi) is 4.74. The molecule has 0 radical (unpaired) electrons. The molecule has 0 atom stereocenters. The van der Waals surface area contributed by atoms with Crippen molar-refractivity contribution in [3.8, 4) is 0 Å². The first-order valence-electron chi connectivity index (χ1n) is 4.71. The topological polar surface area (TPSA) is 39.2 Å². The first kappa shape index (κ1) is 13.8. The van der Waals surface area contributed by atoms with Crippen LogP contribution in [0.2, 0.25) is 0 Å². The van der Waals surface area contributed by atoms with Gasteiger partial charge in [-0.3, -0.25) is 0 Å². The van der Waals surface area contributed by atoms with Gasteiger partial charge in [0.05, 0.1) is 18.1 Å². The molecule has 3 nitrogen and oxygen atoms in total. The average Bonchev–Trinajstić information content (AvgIpc) is 2.28. The molecule has 0 aromatic carbocycles. The molecule has 0 amide bonds. The molecule has 0 saturated carbocycles. The zero-order valence-corrected chi connectivity index (χ0v) is 9.60. The van der Waals surface area contributed by atoms with E-state index in [4.69, 9.17) is 11.6 Å². The van der Waals surface area contributed by atoms with Crippen LogP contribution in [-0.2, 0) is 10.6 Å². The van der Waals surface area contributed by atoms with Gasteiger partial charge in [0, 0.05) is 5.56 Å². The molecule has 17 heavy (non-hydrogen) atoms. The number of aromatic nitrogens is 1. The number of pyridine rings is 1. The smallest absolute Gasteiger partial charge is 0.357 e. The molecule has 1 aromatic heterocycles. The summed E-state index contributed by atoms with van der Waals surface area (Å²) in [5.74, 6) is -2.43. The number of hydrogen-bond acceptors (Lipinski definition) is 3. The lowest BCUT2D eigenvalue weighted by atomic mass is 10.1. The van der Waals surface area contributed by atoms with Crippen LogP contribution in [-0.4, -0.2) is 17.6 Å². The summed E-state index contributed by atoms with van der Waals surface area (Å²) in [5.41, 5.74) is -1.58. The van der Waals surface area contributed by atoms with Crippen LogP contribution in [0.5, 0.6) is 0 Å². The van der Waals surface area contributed by atoms with Crippen LogP contribution < -0.4 is 0 Å². The second kappa shape index (κ2) is 5.86. The molecule has 0 aliphatic carbocycles. The Balaban J connectivity index is 3.27. The van der Waals surface area contributed by atoms with Crippen LogP contribution in [0.25, 0.3) is 0 Å². The normalized spacial score (nSPS) is 10.7. The third-order valence-corrected chi connectivity index (χ3v) is 2.21. The van der Waals surface area contributed by atoms with Gasteiger partial charge in [0.25, 0.3) is 6.43 Å². The first-order chi connectivity index (χ1) is 8.01. The number of carbonyl (C=O) groups is 1. The maximum atomic E-state index is 13.2. The lowest BCUT2D eigenvalue weighted by Crippen LogP contribution is -2.13. The minimum atomic E-state index is -2.95. The van der Waals surface area contributed by atoms with Crippen molar-refractivity contribution in [2.45, 2.75) is 19.2 Å². The molecule has 0 fully saturated rings.